The molecule has 102 valence electrons. The molecule has 2 rings (SSSR count). The van der Waals surface area contributed by atoms with Gasteiger partial charge in [-0.2, -0.15) is 5.26 Å². The van der Waals surface area contributed by atoms with Crippen molar-refractivity contribution in [2.24, 2.45) is 0 Å². The molecule has 0 unspecified atom stereocenters. The van der Waals surface area contributed by atoms with Gasteiger partial charge < -0.3 is 5.32 Å². The van der Waals surface area contributed by atoms with Crippen molar-refractivity contribution < 1.29 is 8.42 Å². The summed E-state index contributed by atoms with van der Waals surface area (Å²) in [6, 6.07) is 6.65. The molecule has 0 spiro atoms. The van der Waals surface area contributed by atoms with Gasteiger partial charge in [0.05, 0.1) is 16.5 Å². The van der Waals surface area contributed by atoms with E-state index >= 15 is 0 Å². The van der Waals surface area contributed by atoms with Crippen LogP contribution in [0, 0.1) is 18.3 Å². The molecule has 1 aliphatic rings. The summed E-state index contributed by atoms with van der Waals surface area (Å²) in [7, 11) is -3.55. The zero-order chi connectivity index (χ0) is 13.9. The van der Waals surface area contributed by atoms with Gasteiger partial charge >= 0.3 is 0 Å². The minimum Gasteiger partial charge on any atom is -0.317 e. The number of aryl methyl sites for hydroxylation is 1. The Hall–Kier alpha value is -1.42. The van der Waals surface area contributed by atoms with Gasteiger partial charge in [-0.1, -0.05) is 6.07 Å². The van der Waals surface area contributed by atoms with Crippen LogP contribution in [0.3, 0.4) is 0 Å². The lowest BCUT2D eigenvalue weighted by Gasteiger charge is -2.23. The van der Waals surface area contributed by atoms with E-state index in [2.05, 4.69) is 10.0 Å². The Labute approximate surface area is 113 Å². The zero-order valence-corrected chi connectivity index (χ0v) is 11.6. The van der Waals surface area contributed by atoms with Crippen LogP contribution < -0.4 is 10.0 Å². The summed E-state index contributed by atoms with van der Waals surface area (Å²) in [5.74, 6) is 0. The highest BCUT2D eigenvalue weighted by atomic mass is 32.2. The molecule has 0 saturated carbocycles. The largest absolute Gasteiger partial charge is 0.317 e. The van der Waals surface area contributed by atoms with Gasteiger partial charge in [0.15, 0.2) is 0 Å². The van der Waals surface area contributed by atoms with Crippen LogP contribution in [0.15, 0.2) is 23.1 Å². The normalized spacial score (nSPS) is 17.1. The number of nitrogens with zero attached hydrogens (tertiary/aromatic N) is 1. The van der Waals surface area contributed by atoms with Crippen molar-refractivity contribution in [2.45, 2.75) is 30.7 Å². The van der Waals surface area contributed by atoms with E-state index in [1.165, 1.54) is 6.07 Å². The van der Waals surface area contributed by atoms with E-state index in [-0.39, 0.29) is 10.9 Å². The van der Waals surface area contributed by atoms with E-state index in [1.807, 2.05) is 6.07 Å². The first-order valence-corrected chi connectivity index (χ1v) is 7.75. The Morgan fingerprint density at radius 2 is 2.05 bits per heavy atom. The summed E-state index contributed by atoms with van der Waals surface area (Å²) >= 11 is 0. The number of hydrogen-bond acceptors (Lipinski definition) is 4. The second-order valence-corrected chi connectivity index (χ2v) is 6.42. The second-order valence-electron chi connectivity index (χ2n) is 4.74. The third kappa shape index (κ3) is 3.32. The smallest absolute Gasteiger partial charge is 0.241 e. The molecule has 0 atom stereocenters. The molecule has 0 radical (unpaired) electrons. The van der Waals surface area contributed by atoms with Crippen molar-refractivity contribution >= 4 is 10.0 Å². The van der Waals surface area contributed by atoms with Gasteiger partial charge in [-0.05, 0) is 50.6 Å². The standard InChI is InChI=1S/C13H17N3O2S/c1-10-2-3-11(9-14)8-13(10)19(17,18)16-12-4-6-15-7-5-12/h2-3,8,12,15-16H,4-7H2,1H3. The third-order valence-electron chi connectivity index (χ3n) is 3.27. The van der Waals surface area contributed by atoms with Crippen LogP contribution in [0.25, 0.3) is 0 Å². The summed E-state index contributed by atoms with van der Waals surface area (Å²) in [4.78, 5) is 0.199. The maximum absolute atomic E-state index is 12.3. The molecular weight excluding hydrogens is 262 g/mol. The molecule has 5 nitrogen and oxygen atoms in total. The molecule has 0 amide bonds. The van der Waals surface area contributed by atoms with Gasteiger partial charge in [-0.25, -0.2) is 13.1 Å². The van der Waals surface area contributed by atoms with Gasteiger partial charge in [0.2, 0.25) is 10.0 Å². The molecule has 0 bridgehead atoms. The molecule has 1 fully saturated rings. The fourth-order valence-electron chi connectivity index (χ4n) is 2.18. The molecule has 1 aromatic carbocycles. The third-order valence-corrected chi connectivity index (χ3v) is 4.93. The molecule has 1 heterocycles. The Morgan fingerprint density at radius 1 is 1.37 bits per heavy atom. The first-order chi connectivity index (χ1) is 9.03. The monoisotopic (exact) mass is 279 g/mol. The summed E-state index contributed by atoms with van der Waals surface area (Å²) in [6.45, 7) is 3.38. The molecule has 2 N–H and O–H groups in total. The van der Waals surface area contributed by atoms with E-state index in [0.29, 0.717) is 11.1 Å². The number of sulfonamides is 1. The van der Waals surface area contributed by atoms with Gasteiger partial charge in [-0.15, -0.1) is 0 Å². The fraction of sp³-hybridized carbons (Fsp3) is 0.462. The SMILES string of the molecule is Cc1ccc(C#N)cc1S(=O)(=O)NC1CCNCC1. The van der Waals surface area contributed by atoms with Crippen molar-refractivity contribution in [3.05, 3.63) is 29.3 Å². The summed E-state index contributed by atoms with van der Waals surface area (Å²) in [6.07, 6.45) is 1.58. The predicted molar refractivity (Wildman–Crippen MR) is 72.1 cm³/mol. The average molecular weight is 279 g/mol. The molecule has 1 aliphatic heterocycles. The van der Waals surface area contributed by atoms with Crippen LogP contribution in [0.4, 0.5) is 0 Å². The summed E-state index contributed by atoms with van der Waals surface area (Å²) in [5, 5.41) is 12.1. The molecule has 0 aliphatic carbocycles. The van der Waals surface area contributed by atoms with Gasteiger partial charge in [0.25, 0.3) is 0 Å². The minimum atomic E-state index is -3.55. The van der Waals surface area contributed by atoms with Crippen molar-refractivity contribution in [1.82, 2.24) is 10.0 Å². The van der Waals surface area contributed by atoms with Crippen LogP contribution in [-0.2, 0) is 10.0 Å². The van der Waals surface area contributed by atoms with Crippen LogP contribution in [0.2, 0.25) is 0 Å². The van der Waals surface area contributed by atoms with E-state index in [1.54, 1.807) is 19.1 Å². The van der Waals surface area contributed by atoms with Crippen molar-refractivity contribution in [1.29, 1.82) is 5.26 Å². The number of piperidine rings is 1. The van der Waals surface area contributed by atoms with Gasteiger partial charge in [0.1, 0.15) is 0 Å². The van der Waals surface area contributed by atoms with Crippen LogP contribution in [0.5, 0.6) is 0 Å². The Balaban J connectivity index is 2.26. The predicted octanol–water partition coefficient (Wildman–Crippen LogP) is 0.897. The van der Waals surface area contributed by atoms with E-state index in [9.17, 15) is 8.42 Å². The maximum Gasteiger partial charge on any atom is 0.241 e. The molecular formula is C13H17N3O2S. The van der Waals surface area contributed by atoms with Crippen LogP contribution >= 0.6 is 0 Å². The number of nitriles is 1. The Morgan fingerprint density at radius 3 is 2.68 bits per heavy atom. The first kappa shape index (κ1) is 14.0. The summed E-state index contributed by atoms with van der Waals surface area (Å²) < 4.78 is 27.4. The molecule has 19 heavy (non-hydrogen) atoms. The molecule has 0 aromatic heterocycles. The minimum absolute atomic E-state index is 0.0311. The van der Waals surface area contributed by atoms with Gasteiger partial charge in [-0.3, -0.25) is 0 Å². The van der Waals surface area contributed by atoms with Crippen LogP contribution in [-0.4, -0.2) is 27.5 Å². The van der Waals surface area contributed by atoms with E-state index < -0.39 is 10.0 Å². The second kappa shape index (κ2) is 5.70. The average Bonchev–Trinajstić information content (AvgIpc) is 2.39. The lowest BCUT2D eigenvalue weighted by molar-refractivity contribution is 0.427. The van der Waals surface area contributed by atoms with E-state index in [0.717, 1.165) is 25.9 Å². The first-order valence-electron chi connectivity index (χ1n) is 6.27. The quantitative estimate of drug-likeness (QED) is 0.861. The Bertz CT molecular complexity index is 599. The lowest BCUT2D eigenvalue weighted by Crippen LogP contribution is -2.42. The van der Waals surface area contributed by atoms with Crippen molar-refractivity contribution in [3.8, 4) is 6.07 Å². The van der Waals surface area contributed by atoms with Crippen LogP contribution in [0.1, 0.15) is 24.0 Å². The molecule has 6 heteroatoms. The maximum atomic E-state index is 12.3. The molecule has 1 saturated heterocycles. The number of benzene rings is 1. The fourth-order valence-corrected chi connectivity index (χ4v) is 3.76. The highest BCUT2D eigenvalue weighted by Gasteiger charge is 2.23. The van der Waals surface area contributed by atoms with E-state index in [4.69, 9.17) is 5.26 Å². The topological polar surface area (TPSA) is 82.0 Å². The molecule has 1 aromatic rings. The number of nitrogens with one attached hydrogen (secondary N) is 2. The highest BCUT2D eigenvalue weighted by molar-refractivity contribution is 7.89. The Kier molecular flexibility index (Phi) is 4.20. The summed E-state index contributed by atoms with van der Waals surface area (Å²) in [5.41, 5.74) is 1.01. The number of rotatable bonds is 3. The van der Waals surface area contributed by atoms with Gasteiger partial charge in [0, 0.05) is 6.04 Å². The number of hydrogen-bond donors (Lipinski definition) is 2. The zero-order valence-electron chi connectivity index (χ0n) is 10.8. The lowest BCUT2D eigenvalue weighted by atomic mass is 10.1. The highest BCUT2D eigenvalue weighted by Crippen LogP contribution is 2.18. The van der Waals surface area contributed by atoms with Crippen molar-refractivity contribution in [3.63, 3.8) is 0 Å². The van der Waals surface area contributed by atoms with Crippen molar-refractivity contribution in [2.75, 3.05) is 13.1 Å².